The summed E-state index contributed by atoms with van der Waals surface area (Å²) in [4.78, 5) is 16.3. The topological polar surface area (TPSA) is 54.0 Å². The first-order valence-electron chi connectivity index (χ1n) is 7.88. The van der Waals surface area contributed by atoms with E-state index in [9.17, 15) is 9.18 Å². The van der Waals surface area contributed by atoms with Gasteiger partial charge in [0.05, 0.1) is 11.9 Å². The molecule has 3 aromatic rings. The number of anilines is 3. The van der Waals surface area contributed by atoms with Gasteiger partial charge in [-0.3, -0.25) is 4.79 Å². The van der Waals surface area contributed by atoms with Gasteiger partial charge in [0.2, 0.25) is 0 Å². The van der Waals surface area contributed by atoms with Crippen LogP contribution in [0.4, 0.5) is 21.5 Å². The van der Waals surface area contributed by atoms with Crippen molar-refractivity contribution in [1.29, 1.82) is 0 Å². The third-order valence-corrected chi connectivity index (χ3v) is 3.87. The van der Waals surface area contributed by atoms with Crippen LogP contribution < -0.4 is 10.6 Å². The number of nitrogens with one attached hydrogen (secondary N) is 2. The molecule has 25 heavy (non-hydrogen) atoms. The molecule has 1 aromatic heterocycles. The van der Waals surface area contributed by atoms with E-state index in [0.29, 0.717) is 5.69 Å². The number of aryl methyl sites for hydroxylation is 2. The molecular formula is C20H18FN3O. The SMILES string of the molecule is Cc1ccc(Nc2ccc(C(=O)Nc3cccc(F)c3)nc2)cc1C. The first-order valence-corrected chi connectivity index (χ1v) is 7.88. The second kappa shape index (κ2) is 7.13. The number of nitrogens with zero attached hydrogens (tertiary/aromatic N) is 1. The summed E-state index contributed by atoms with van der Waals surface area (Å²) in [5, 5.41) is 5.87. The van der Waals surface area contributed by atoms with E-state index in [4.69, 9.17) is 0 Å². The number of amides is 1. The Morgan fingerprint density at radius 2 is 1.72 bits per heavy atom. The number of pyridine rings is 1. The van der Waals surface area contributed by atoms with Gasteiger partial charge in [-0.05, 0) is 67.4 Å². The first-order chi connectivity index (χ1) is 12.0. The normalized spacial score (nSPS) is 10.4. The molecule has 1 heterocycles. The van der Waals surface area contributed by atoms with Gasteiger partial charge in [0.1, 0.15) is 11.5 Å². The maximum absolute atomic E-state index is 13.2. The summed E-state index contributed by atoms with van der Waals surface area (Å²) in [5.41, 5.74) is 4.82. The van der Waals surface area contributed by atoms with Crippen molar-refractivity contribution in [2.75, 3.05) is 10.6 Å². The number of benzene rings is 2. The van der Waals surface area contributed by atoms with Crippen LogP contribution in [0.1, 0.15) is 21.6 Å². The highest BCUT2D eigenvalue weighted by molar-refractivity contribution is 6.02. The van der Waals surface area contributed by atoms with Gasteiger partial charge >= 0.3 is 0 Å². The standard InChI is InChI=1S/C20H18FN3O/c1-13-6-7-17(10-14(13)2)23-18-8-9-19(22-12-18)20(25)24-16-5-3-4-15(21)11-16/h3-12,23H,1-2H3,(H,24,25). The molecule has 4 nitrogen and oxygen atoms in total. The maximum atomic E-state index is 13.2. The fourth-order valence-corrected chi connectivity index (χ4v) is 2.35. The third kappa shape index (κ3) is 4.20. The predicted molar refractivity (Wildman–Crippen MR) is 97.8 cm³/mol. The van der Waals surface area contributed by atoms with Crippen LogP contribution in [0, 0.1) is 19.7 Å². The van der Waals surface area contributed by atoms with Crippen LogP contribution in [-0.2, 0) is 0 Å². The van der Waals surface area contributed by atoms with Crippen molar-refractivity contribution in [3.05, 3.63) is 83.4 Å². The summed E-state index contributed by atoms with van der Waals surface area (Å²) in [6.07, 6.45) is 1.59. The molecule has 0 aliphatic heterocycles. The lowest BCUT2D eigenvalue weighted by Crippen LogP contribution is -2.13. The van der Waals surface area contributed by atoms with Gasteiger partial charge < -0.3 is 10.6 Å². The molecule has 0 aliphatic rings. The minimum Gasteiger partial charge on any atom is -0.354 e. The van der Waals surface area contributed by atoms with E-state index in [0.717, 1.165) is 11.4 Å². The Labute approximate surface area is 145 Å². The minimum atomic E-state index is -0.404. The predicted octanol–water partition coefficient (Wildman–Crippen LogP) is 4.83. The summed E-state index contributed by atoms with van der Waals surface area (Å²) >= 11 is 0. The number of halogens is 1. The van der Waals surface area contributed by atoms with Crippen LogP contribution in [0.3, 0.4) is 0 Å². The first kappa shape index (κ1) is 16.6. The van der Waals surface area contributed by atoms with Crippen molar-refractivity contribution in [1.82, 2.24) is 4.98 Å². The Balaban J connectivity index is 1.69. The zero-order valence-electron chi connectivity index (χ0n) is 14.0. The van der Waals surface area contributed by atoms with Crippen LogP contribution in [0.15, 0.2) is 60.8 Å². The van der Waals surface area contributed by atoms with Gasteiger partial charge in [0.15, 0.2) is 0 Å². The summed E-state index contributed by atoms with van der Waals surface area (Å²) in [7, 11) is 0. The molecule has 0 bridgehead atoms. The van der Waals surface area contributed by atoms with E-state index in [1.54, 1.807) is 24.4 Å². The lowest BCUT2D eigenvalue weighted by atomic mass is 10.1. The van der Waals surface area contributed by atoms with E-state index in [2.05, 4.69) is 35.5 Å². The van der Waals surface area contributed by atoms with Crippen molar-refractivity contribution in [3.8, 4) is 0 Å². The Bertz CT molecular complexity index is 907. The summed E-state index contributed by atoms with van der Waals surface area (Å²) < 4.78 is 13.2. The average molecular weight is 335 g/mol. The van der Waals surface area contributed by atoms with Crippen molar-refractivity contribution >= 4 is 23.0 Å². The highest BCUT2D eigenvalue weighted by atomic mass is 19.1. The number of rotatable bonds is 4. The molecule has 0 fully saturated rings. The molecule has 2 N–H and O–H groups in total. The van der Waals surface area contributed by atoms with Gasteiger partial charge in [-0.15, -0.1) is 0 Å². The average Bonchev–Trinajstić information content (AvgIpc) is 2.59. The monoisotopic (exact) mass is 335 g/mol. The van der Waals surface area contributed by atoms with Gasteiger partial charge in [-0.25, -0.2) is 9.37 Å². The third-order valence-electron chi connectivity index (χ3n) is 3.87. The van der Waals surface area contributed by atoms with Crippen LogP contribution in [0.25, 0.3) is 0 Å². The summed E-state index contributed by atoms with van der Waals surface area (Å²) in [6.45, 7) is 4.12. The van der Waals surface area contributed by atoms with E-state index < -0.39 is 5.82 Å². The lowest BCUT2D eigenvalue weighted by molar-refractivity contribution is 0.102. The zero-order chi connectivity index (χ0) is 17.8. The second-order valence-electron chi connectivity index (χ2n) is 5.82. The van der Waals surface area contributed by atoms with Gasteiger partial charge in [-0.1, -0.05) is 12.1 Å². The van der Waals surface area contributed by atoms with E-state index in [-0.39, 0.29) is 11.6 Å². The van der Waals surface area contributed by atoms with E-state index in [1.165, 1.54) is 29.3 Å². The molecule has 0 atom stereocenters. The Kier molecular flexibility index (Phi) is 4.75. The van der Waals surface area contributed by atoms with Crippen molar-refractivity contribution in [3.63, 3.8) is 0 Å². The van der Waals surface area contributed by atoms with Crippen LogP contribution in [-0.4, -0.2) is 10.9 Å². The Morgan fingerprint density at radius 3 is 2.40 bits per heavy atom. The summed E-state index contributed by atoms with van der Waals surface area (Å²) in [5.74, 6) is -0.790. The molecule has 0 unspecified atom stereocenters. The number of aromatic nitrogens is 1. The quantitative estimate of drug-likeness (QED) is 0.718. The van der Waals surface area contributed by atoms with Crippen molar-refractivity contribution in [2.24, 2.45) is 0 Å². The van der Waals surface area contributed by atoms with E-state index >= 15 is 0 Å². The molecule has 0 saturated carbocycles. The zero-order valence-corrected chi connectivity index (χ0v) is 14.0. The number of hydrogen-bond donors (Lipinski definition) is 2. The van der Waals surface area contributed by atoms with Crippen molar-refractivity contribution in [2.45, 2.75) is 13.8 Å². The molecule has 0 radical (unpaired) electrons. The Morgan fingerprint density at radius 1 is 0.920 bits per heavy atom. The maximum Gasteiger partial charge on any atom is 0.274 e. The van der Waals surface area contributed by atoms with Gasteiger partial charge in [-0.2, -0.15) is 0 Å². The molecule has 1 amide bonds. The molecule has 0 spiro atoms. The highest BCUT2D eigenvalue weighted by Crippen LogP contribution is 2.19. The van der Waals surface area contributed by atoms with E-state index in [1.807, 2.05) is 12.1 Å². The van der Waals surface area contributed by atoms with Gasteiger partial charge in [0, 0.05) is 11.4 Å². The minimum absolute atomic E-state index is 0.259. The smallest absolute Gasteiger partial charge is 0.274 e. The van der Waals surface area contributed by atoms with Crippen LogP contribution in [0.5, 0.6) is 0 Å². The molecule has 3 rings (SSSR count). The highest BCUT2D eigenvalue weighted by Gasteiger charge is 2.08. The van der Waals surface area contributed by atoms with Crippen LogP contribution >= 0.6 is 0 Å². The lowest BCUT2D eigenvalue weighted by Gasteiger charge is -2.09. The molecule has 0 aliphatic carbocycles. The number of carbonyl (C=O) groups is 1. The fraction of sp³-hybridized carbons (Fsp3) is 0.100. The largest absolute Gasteiger partial charge is 0.354 e. The molecule has 126 valence electrons. The molecule has 0 saturated heterocycles. The molecule has 5 heteroatoms. The second-order valence-corrected chi connectivity index (χ2v) is 5.82. The van der Waals surface area contributed by atoms with Crippen LogP contribution in [0.2, 0.25) is 0 Å². The van der Waals surface area contributed by atoms with Gasteiger partial charge in [0.25, 0.3) is 5.91 Å². The molecule has 2 aromatic carbocycles. The van der Waals surface area contributed by atoms with Crippen molar-refractivity contribution < 1.29 is 9.18 Å². The Hall–Kier alpha value is -3.21. The number of hydrogen-bond acceptors (Lipinski definition) is 3. The number of carbonyl (C=O) groups excluding carboxylic acids is 1. The fourth-order valence-electron chi connectivity index (χ4n) is 2.35. The summed E-state index contributed by atoms with van der Waals surface area (Å²) in [6, 6.07) is 15.2. The molecular weight excluding hydrogens is 317 g/mol.